The number of hydroxylamine groups is 1. The van der Waals surface area contributed by atoms with Crippen LogP contribution in [0, 0.1) is 5.82 Å². The number of anilines is 2. The average molecular weight is 544 g/mol. The van der Waals surface area contributed by atoms with Gasteiger partial charge in [0, 0.05) is 11.6 Å². The van der Waals surface area contributed by atoms with Gasteiger partial charge in [-0.3, -0.25) is 9.63 Å². The molecular weight excluding hydrogens is 519 g/mol. The topological polar surface area (TPSA) is 97.6 Å². The summed E-state index contributed by atoms with van der Waals surface area (Å²) in [5.74, 6) is -1.40. The fraction of sp³-hybridized carbons (Fsp3) is 0.364. The van der Waals surface area contributed by atoms with Crippen molar-refractivity contribution >= 4 is 55.8 Å². The number of aliphatic hydroxyl groups excluding tert-OH is 1. The zero-order valence-electron chi connectivity index (χ0n) is 18.2. The predicted molar refractivity (Wildman–Crippen MR) is 128 cm³/mol. The van der Waals surface area contributed by atoms with E-state index in [0.717, 1.165) is 17.3 Å². The number of aliphatic hydroxyl groups is 1. The van der Waals surface area contributed by atoms with Gasteiger partial charge in [0.15, 0.2) is 5.82 Å². The number of nitrogens with zero attached hydrogens (tertiary/aromatic N) is 2. The number of nitrogens with one attached hydrogen (secondary N) is 2. The molecule has 11 heteroatoms. The fourth-order valence-corrected chi connectivity index (χ4v) is 4.09. The number of aromatic nitrogens is 2. The molecule has 1 heterocycles. The Labute approximate surface area is 204 Å². The Morgan fingerprint density at radius 1 is 1.39 bits per heavy atom. The number of methoxy groups -OCH3 is 1. The molecule has 1 aromatic heterocycles. The van der Waals surface area contributed by atoms with E-state index in [0.29, 0.717) is 22.8 Å². The number of benzene rings is 2. The zero-order valence-corrected chi connectivity index (χ0v) is 20.5. The molecule has 8 nitrogen and oxygen atoms in total. The van der Waals surface area contributed by atoms with Gasteiger partial charge >= 0.3 is 0 Å². The summed E-state index contributed by atoms with van der Waals surface area (Å²) in [6.45, 7) is 2.11. The molecule has 0 aliphatic heterocycles. The minimum absolute atomic E-state index is 0.0110. The van der Waals surface area contributed by atoms with E-state index in [1.54, 1.807) is 29.9 Å². The van der Waals surface area contributed by atoms with Crippen LogP contribution in [0.5, 0.6) is 0 Å². The monoisotopic (exact) mass is 542 g/mol. The van der Waals surface area contributed by atoms with Gasteiger partial charge in [0.2, 0.25) is 0 Å². The van der Waals surface area contributed by atoms with E-state index in [4.69, 9.17) is 26.3 Å². The highest BCUT2D eigenvalue weighted by atomic mass is 79.9. The lowest BCUT2D eigenvalue weighted by molar-refractivity contribution is 0.0169. The Hall–Kier alpha value is -2.24. The van der Waals surface area contributed by atoms with Crippen molar-refractivity contribution in [1.82, 2.24) is 15.0 Å². The van der Waals surface area contributed by atoms with E-state index >= 15 is 4.39 Å². The molecule has 0 saturated heterocycles. The lowest BCUT2D eigenvalue weighted by atomic mass is 10.1. The second-order valence-electron chi connectivity index (χ2n) is 7.28. The van der Waals surface area contributed by atoms with Crippen LogP contribution in [0.1, 0.15) is 30.1 Å². The molecule has 0 bridgehead atoms. The maximum absolute atomic E-state index is 15.7. The molecule has 0 aliphatic carbocycles. The third kappa shape index (κ3) is 6.01. The molecular formula is C22H25BrClFN4O4. The van der Waals surface area contributed by atoms with Crippen molar-refractivity contribution in [3.63, 3.8) is 0 Å². The molecule has 3 aromatic rings. The summed E-state index contributed by atoms with van der Waals surface area (Å²) >= 11 is 9.62. The maximum atomic E-state index is 15.7. The van der Waals surface area contributed by atoms with Crippen molar-refractivity contribution in [2.24, 2.45) is 0 Å². The van der Waals surface area contributed by atoms with E-state index in [1.807, 2.05) is 0 Å². The van der Waals surface area contributed by atoms with Crippen LogP contribution in [0.15, 0.2) is 35.1 Å². The summed E-state index contributed by atoms with van der Waals surface area (Å²) in [7, 11) is 1.63. The Morgan fingerprint density at radius 2 is 2.18 bits per heavy atom. The van der Waals surface area contributed by atoms with Gasteiger partial charge in [0.05, 0.1) is 59.7 Å². The number of hydrogen-bond donors (Lipinski definition) is 3. The smallest absolute Gasteiger partial charge is 0.277 e. The van der Waals surface area contributed by atoms with E-state index in [2.05, 4.69) is 38.6 Å². The first-order chi connectivity index (χ1) is 15.9. The Morgan fingerprint density at radius 3 is 2.85 bits per heavy atom. The van der Waals surface area contributed by atoms with Gasteiger partial charge < -0.3 is 19.7 Å². The minimum atomic E-state index is -0.706. The third-order valence-electron chi connectivity index (χ3n) is 4.99. The summed E-state index contributed by atoms with van der Waals surface area (Å²) in [6, 6.07) is 6.59. The van der Waals surface area contributed by atoms with Crippen molar-refractivity contribution in [2.75, 3.05) is 25.6 Å². The van der Waals surface area contributed by atoms with Gasteiger partial charge in [-0.25, -0.2) is 14.9 Å². The van der Waals surface area contributed by atoms with Gasteiger partial charge in [-0.1, -0.05) is 40.9 Å². The number of hydrogen-bond acceptors (Lipinski definition) is 6. The predicted octanol–water partition coefficient (Wildman–Crippen LogP) is 4.80. The van der Waals surface area contributed by atoms with Crippen molar-refractivity contribution < 1.29 is 23.9 Å². The fourth-order valence-electron chi connectivity index (χ4n) is 3.37. The Kier molecular flexibility index (Phi) is 9.04. The number of halogens is 3. The molecule has 0 radical (unpaired) electrons. The normalized spacial score (nSPS) is 12.2. The van der Waals surface area contributed by atoms with Gasteiger partial charge in [0.25, 0.3) is 5.91 Å². The van der Waals surface area contributed by atoms with Crippen molar-refractivity contribution in [3.8, 4) is 0 Å². The van der Waals surface area contributed by atoms with E-state index in [1.165, 1.54) is 12.4 Å². The van der Waals surface area contributed by atoms with Crippen molar-refractivity contribution in [2.45, 2.75) is 32.4 Å². The Balaban J connectivity index is 2.08. The average Bonchev–Trinajstić information content (AvgIpc) is 3.19. The summed E-state index contributed by atoms with van der Waals surface area (Å²) in [6.07, 6.45) is 3.19. The van der Waals surface area contributed by atoms with Gasteiger partial charge in [-0.05, 0) is 30.7 Å². The number of rotatable bonds is 11. The van der Waals surface area contributed by atoms with Gasteiger partial charge in [0.1, 0.15) is 5.52 Å². The number of carbonyl (C=O) groups excluding carboxylic acids is 1. The lowest BCUT2D eigenvalue weighted by Gasteiger charge is -2.17. The first-order valence-corrected chi connectivity index (χ1v) is 11.5. The van der Waals surface area contributed by atoms with Crippen LogP contribution in [0.2, 0.25) is 5.02 Å². The molecule has 0 saturated carbocycles. The zero-order chi connectivity index (χ0) is 24.0. The molecule has 1 amide bonds. The lowest BCUT2D eigenvalue weighted by Crippen LogP contribution is -2.26. The largest absolute Gasteiger partial charge is 0.394 e. The standard InChI is InChI=1S/C22H25BrClFN4O4/c1-3-4-14(32-2)11-29-12-26-21-18(29)10-15(22(31)28-33-8-7-30)20(19(21)25)27-17-6-5-13(23)9-16(17)24/h5-6,9-10,12,14,27,30H,3-4,7-8,11H2,1-2H3,(H,28,31). The maximum Gasteiger partial charge on any atom is 0.277 e. The third-order valence-corrected chi connectivity index (χ3v) is 5.80. The summed E-state index contributed by atoms with van der Waals surface area (Å²) < 4.78 is 23.7. The molecule has 1 atom stereocenters. The van der Waals surface area contributed by atoms with E-state index < -0.39 is 11.7 Å². The number of fused-ring (bicyclic) bond motifs is 1. The Bertz CT molecular complexity index is 1130. The van der Waals surface area contributed by atoms with Crippen LogP contribution in [0.4, 0.5) is 15.8 Å². The molecule has 0 spiro atoms. The molecule has 0 fully saturated rings. The van der Waals surface area contributed by atoms with Crippen LogP contribution in [-0.4, -0.2) is 47.0 Å². The number of imidazole rings is 1. The molecule has 0 aliphatic rings. The van der Waals surface area contributed by atoms with E-state index in [-0.39, 0.29) is 36.1 Å². The van der Waals surface area contributed by atoms with Gasteiger partial charge in [-0.15, -0.1) is 0 Å². The highest BCUT2D eigenvalue weighted by Crippen LogP contribution is 2.34. The van der Waals surface area contributed by atoms with Crippen LogP contribution in [0.3, 0.4) is 0 Å². The minimum Gasteiger partial charge on any atom is -0.394 e. The highest BCUT2D eigenvalue weighted by molar-refractivity contribution is 9.10. The number of amides is 1. The molecule has 3 N–H and O–H groups in total. The van der Waals surface area contributed by atoms with Crippen molar-refractivity contribution in [3.05, 3.63) is 51.5 Å². The van der Waals surface area contributed by atoms with Crippen LogP contribution in [-0.2, 0) is 16.1 Å². The second kappa shape index (κ2) is 11.8. The van der Waals surface area contributed by atoms with Gasteiger partial charge in [-0.2, -0.15) is 0 Å². The molecule has 1 unspecified atom stereocenters. The van der Waals surface area contributed by atoms with E-state index in [9.17, 15) is 4.79 Å². The molecule has 3 rings (SSSR count). The van der Waals surface area contributed by atoms with Crippen LogP contribution in [0.25, 0.3) is 11.0 Å². The molecule has 178 valence electrons. The quantitative estimate of drug-likeness (QED) is 0.237. The first kappa shape index (κ1) is 25.4. The summed E-state index contributed by atoms with van der Waals surface area (Å²) in [4.78, 5) is 22.0. The molecule has 33 heavy (non-hydrogen) atoms. The van der Waals surface area contributed by atoms with Crippen LogP contribution >= 0.6 is 27.5 Å². The molecule has 2 aromatic carbocycles. The first-order valence-electron chi connectivity index (χ1n) is 10.3. The highest BCUT2D eigenvalue weighted by Gasteiger charge is 2.23. The summed E-state index contributed by atoms with van der Waals surface area (Å²) in [5.41, 5.74) is 3.06. The SMILES string of the molecule is CCCC(Cn1cnc2c(F)c(Nc3ccc(Br)cc3Cl)c(C(=O)NOCCO)cc21)OC. The second-order valence-corrected chi connectivity index (χ2v) is 8.60. The summed E-state index contributed by atoms with van der Waals surface area (Å²) in [5, 5.41) is 12.2. The number of ether oxygens (including phenoxy) is 1. The van der Waals surface area contributed by atoms with Crippen molar-refractivity contribution in [1.29, 1.82) is 0 Å². The van der Waals surface area contributed by atoms with Crippen LogP contribution < -0.4 is 10.8 Å². The number of carbonyl (C=O) groups is 1.